The number of aromatic nitrogens is 3. The minimum Gasteiger partial charge on any atom is -0.262 e. The van der Waals surface area contributed by atoms with Crippen LogP contribution in [0.25, 0.3) is 0 Å². The third-order valence-corrected chi connectivity index (χ3v) is 3.68. The van der Waals surface area contributed by atoms with Gasteiger partial charge in [0.15, 0.2) is 0 Å². The molecule has 0 fully saturated rings. The summed E-state index contributed by atoms with van der Waals surface area (Å²) in [4.78, 5) is 4.28. The quantitative estimate of drug-likeness (QED) is 0.856. The zero-order valence-corrected chi connectivity index (χ0v) is 12.1. The van der Waals surface area contributed by atoms with E-state index < -0.39 is 0 Å². The molecule has 2 aromatic rings. The summed E-state index contributed by atoms with van der Waals surface area (Å²) in [5, 5.41) is 7.78. The number of nitrogens with one attached hydrogen (secondary N) is 1. The van der Waals surface area contributed by atoms with Gasteiger partial charge in [-0.05, 0) is 23.5 Å². The minimum absolute atomic E-state index is 0.215. The summed E-state index contributed by atoms with van der Waals surface area (Å²) in [6.45, 7) is 8.60. The molecule has 3 nitrogen and oxygen atoms in total. The van der Waals surface area contributed by atoms with E-state index in [0.717, 1.165) is 16.7 Å². The number of benzene rings is 1. The summed E-state index contributed by atoms with van der Waals surface area (Å²) in [5.41, 5.74) is 2.88. The Hall–Kier alpha value is -1.29. The third-order valence-electron chi connectivity index (χ3n) is 2.76. The molecule has 0 aliphatic rings. The van der Waals surface area contributed by atoms with Gasteiger partial charge in [0.1, 0.15) is 5.82 Å². The van der Waals surface area contributed by atoms with Crippen molar-refractivity contribution >= 4 is 11.8 Å². The van der Waals surface area contributed by atoms with E-state index in [0.29, 0.717) is 0 Å². The molecule has 0 spiro atoms. The molecular weight excluding hydrogens is 242 g/mol. The van der Waals surface area contributed by atoms with Crippen molar-refractivity contribution in [1.29, 1.82) is 0 Å². The molecule has 0 aliphatic heterocycles. The van der Waals surface area contributed by atoms with Gasteiger partial charge in [-0.2, -0.15) is 0 Å². The highest BCUT2D eigenvalue weighted by atomic mass is 32.2. The van der Waals surface area contributed by atoms with Gasteiger partial charge in [-0.15, -0.1) is 5.10 Å². The third kappa shape index (κ3) is 3.35. The normalized spacial score (nSPS) is 11.8. The standard InChI is InChI=1S/C14H19N3S/c1-10-15-13(17-16-10)18-9-11-5-7-12(8-6-11)14(2,3)4/h5-8H,9H2,1-4H3,(H,15,16,17). The van der Waals surface area contributed by atoms with Crippen LogP contribution in [0.3, 0.4) is 0 Å². The number of aryl methyl sites for hydroxylation is 1. The number of rotatable bonds is 3. The number of H-pyrrole nitrogens is 1. The second-order valence-electron chi connectivity index (χ2n) is 5.44. The van der Waals surface area contributed by atoms with Crippen LogP contribution in [0.4, 0.5) is 0 Å². The SMILES string of the molecule is Cc1nc(SCc2ccc(C(C)(C)C)cc2)n[nH]1. The Labute approximate surface area is 112 Å². The van der Waals surface area contributed by atoms with E-state index in [2.05, 4.69) is 60.2 Å². The van der Waals surface area contributed by atoms with E-state index in [1.807, 2.05) is 6.92 Å². The molecule has 0 bridgehead atoms. The topological polar surface area (TPSA) is 41.6 Å². The van der Waals surface area contributed by atoms with Crippen LogP contribution in [0, 0.1) is 6.92 Å². The zero-order chi connectivity index (χ0) is 13.2. The smallest absolute Gasteiger partial charge is 0.208 e. The maximum absolute atomic E-state index is 4.28. The number of hydrogen-bond donors (Lipinski definition) is 1. The van der Waals surface area contributed by atoms with Crippen molar-refractivity contribution < 1.29 is 0 Å². The van der Waals surface area contributed by atoms with E-state index >= 15 is 0 Å². The maximum atomic E-state index is 4.28. The molecule has 1 aromatic heterocycles. The van der Waals surface area contributed by atoms with Crippen molar-refractivity contribution in [3.63, 3.8) is 0 Å². The average Bonchev–Trinajstić information content (AvgIpc) is 2.72. The predicted octanol–water partition coefficient (Wildman–Crippen LogP) is 3.70. The summed E-state index contributed by atoms with van der Waals surface area (Å²) in [7, 11) is 0. The van der Waals surface area contributed by atoms with Gasteiger partial charge in [-0.3, -0.25) is 5.10 Å². The molecule has 96 valence electrons. The molecule has 4 heteroatoms. The molecule has 0 aliphatic carbocycles. The van der Waals surface area contributed by atoms with Crippen molar-refractivity contribution in [2.45, 2.75) is 44.0 Å². The molecule has 0 saturated heterocycles. The van der Waals surface area contributed by atoms with Crippen LogP contribution in [0.1, 0.15) is 37.7 Å². The van der Waals surface area contributed by atoms with Crippen molar-refractivity contribution in [3.8, 4) is 0 Å². The van der Waals surface area contributed by atoms with Crippen molar-refractivity contribution in [2.24, 2.45) is 0 Å². The predicted molar refractivity (Wildman–Crippen MR) is 75.8 cm³/mol. The van der Waals surface area contributed by atoms with Crippen LogP contribution < -0.4 is 0 Å². The Kier molecular flexibility index (Phi) is 3.76. The van der Waals surface area contributed by atoms with E-state index in [1.165, 1.54) is 11.1 Å². The fraction of sp³-hybridized carbons (Fsp3) is 0.429. The van der Waals surface area contributed by atoms with Crippen LogP contribution in [0.15, 0.2) is 29.4 Å². The van der Waals surface area contributed by atoms with Gasteiger partial charge in [0.05, 0.1) is 0 Å². The first kappa shape index (κ1) is 13.1. The molecule has 1 aromatic carbocycles. The summed E-state index contributed by atoms with van der Waals surface area (Å²) in [6, 6.07) is 8.79. The Morgan fingerprint density at radius 1 is 1.17 bits per heavy atom. The van der Waals surface area contributed by atoms with Gasteiger partial charge in [0.2, 0.25) is 5.16 Å². The van der Waals surface area contributed by atoms with Gasteiger partial charge in [-0.1, -0.05) is 56.8 Å². The fourth-order valence-corrected chi connectivity index (χ4v) is 2.44. The molecule has 0 unspecified atom stereocenters. The largest absolute Gasteiger partial charge is 0.262 e. The maximum Gasteiger partial charge on any atom is 0.208 e. The van der Waals surface area contributed by atoms with Crippen LogP contribution in [-0.2, 0) is 11.2 Å². The Morgan fingerprint density at radius 3 is 2.33 bits per heavy atom. The molecule has 1 heterocycles. The molecule has 1 N–H and O–H groups in total. The molecule has 0 saturated carbocycles. The highest BCUT2D eigenvalue weighted by molar-refractivity contribution is 7.98. The van der Waals surface area contributed by atoms with Crippen LogP contribution in [0.2, 0.25) is 0 Å². The zero-order valence-electron chi connectivity index (χ0n) is 11.3. The highest BCUT2D eigenvalue weighted by Crippen LogP contribution is 2.24. The Balaban J connectivity index is 1.98. The first-order chi connectivity index (χ1) is 8.45. The number of nitrogens with zero attached hydrogens (tertiary/aromatic N) is 2. The van der Waals surface area contributed by atoms with Gasteiger partial charge in [-0.25, -0.2) is 4.98 Å². The number of aromatic amines is 1. The summed E-state index contributed by atoms with van der Waals surface area (Å²) >= 11 is 1.65. The molecule has 18 heavy (non-hydrogen) atoms. The minimum atomic E-state index is 0.215. The summed E-state index contributed by atoms with van der Waals surface area (Å²) < 4.78 is 0. The van der Waals surface area contributed by atoms with Gasteiger partial charge in [0.25, 0.3) is 0 Å². The second-order valence-corrected chi connectivity index (χ2v) is 6.38. The average molecular weight is 261 g/mol. The van der Waals surface area contributed by atoms with E-state index in [1.54, 1.807) is 11.8 Å². The van der Waals surface area contributed by atoms with E-state index in [4.69, 9.17) is 0 Å². The molecular formula is C14H19N3S. The monoisotopic (exact) mass is 261 g/mol. The molecule has 0 amide bonds. The number of thioether (sulfide) groups is 1. The fourth-order valence-electron chi connectivity index (χ4n) is 1.64. The lowest BCUT2D eigenvalue weighted by molar-refractivity contribution is 0.590. The molecule has 0 atom stereocenters. The van der Waals surface area contributed by atoms with Crippen LogP contribution in [0.5, 0.6) is 0 Å². The van der Waals surface area contributed by atoms with Crippen LogP contribution >= 0.6 is 11.8 Å². The number of hydrogen-bond acceptors (Lipinski definition) is 3. The Bertz CT molecular complexity index is 509. The van der Waals surface area contributed by atoms with Gasteiger partial charge in [0, 0.05) is 5.75 Å². The lowest BCUT2D eigenvalue weighted by Gasteiger charge is -2.19. The molecule has 0 radical (unpaired) electrons. The van der Waals surface area contributed by atoms with Crippen LogP contribution in [-0.4, -0.2) is 15.2 Å². The lowest BCUT2D eigenvalue weighted by Crippen LogP contribution is -2.10. The van der Waals surface area contributed by atoms with Gasteiger partial charge >= 0.3 is 0 Å². The first-order valence-electron chi connectivity index (χ1n) is 6.06. The molecule has 2 rings (SSSR count). The second kappa shape index (κ2) is 5.14. The first-order valence-corrected chi connectivity index (χ1v) is 7.05. The van der Waals surface area contributed by atoms with Gasteiger partial charge < -0.3 is 0 Å². The van der Waals surface area contributed by atoms with Crippen molar-refractivity contribution in [3.05, 3.63) is 41.2 Å². The highest BCUT2D eigenvalue weighted by Gasteiger charge is 2.12. The lowest BCUT2D eigenvalue weighted by atomic mass is 9.87. The van der Waals surface area contributed by atoms with E-state index in [9.17, 15) is 0 Å². The Morgan fingerprint density at radius 2 is 1.83 bits per heavy atom. The summed E-state index contributed by atoms with van der Waals surface area (Å²) in [5.74, 6) is 1.77. The van der Waals surface area contributed by atoms with Crippen molar-refractivity contribution in [1.82, 2.24) is 15.2 Å². The summed E-state index contributed by atoms with van der Waals surface area (Å²) in [6.07, 6.45) is 0. The van der Waals surface area contributed by atoms with E-state index in [-0.39, 0.29) is 5.41 Å². The van der Waals surface area contributed by atoms with Crippen molar-refractivity contribution in [2.75, 3.05) is 0 Å².